The van der Waals surface area contributed by atoms with Crippen LogP contribution in [0.1, 0.15) is 41.0 Å². The average molecular weight is 472 g/mol. The molecule has 1 heterocycles. The number of anilines is 1. The largest absolute Gasteiger partial charge is 0.507 e. The molecule has 2 aromatic rings. The molecule has 1 aliphatic heterocycles. The summed E-state index contributed by atoms with van der Waals surface area (Å²) in [5.41, 5.74) is -0.431. The summed E-state index contributed by atoms with van der Waals surface area (Å²) in [6.45, 7) is 3.09. The molecule has 0 bridgehead atoms. The van der Waals surface area contributed by atoms with Crippen LogP contribution in [0.25, 0.3) is 0 Å². The molecule has 0 aromatic heterocycles. The lowest BCUT2D eigenvalue weighted by molar-refractivity contribution is -0.129. The summed E-state index contributed by atoms with van der Waals surface area (Å²) < 4.78 is 16.6. The van der Waals surface area contributed by atoms with E-state index in [1.807, 2.05) is 0 Å². The monoisotopic (exact) mass is 471 g/mol. The molecule has 0 amide bonds. The van der Waals surface area contributed by atoms with Crippen molar-refractivity contribution in [1.82, 2.24) is 0 Å². The zero-order valence-electron chi connectivity index (χ0n) is 18.4. The number of benzene rings is 2. The minimum Gasteiger partial charge on any atom is -0.507 e. The summed E-state index contributed by atoms with van der Waals surface area (Å²) in [5.74, 6) is -1.48. The Hall–Kier alpha value is -3.52. The van der Waals surface area contributed by atoms with Gasteiger partial charge < -0.3 is 24.6 Å². The first kappa shape index (κ1) is 22.7. The Bertz CT molecular complexity index is 1240. The molecule has 2 aliphatic rings. The van der Waals surface area contributed by atoms with Crippen LogP contribution >= 0.6 is 11.6 Å². The lowest BCUT2D eigenvalue weighted by atomic mass is 9.74. The predicted octanol–water partition coefficient (Wildman–Crippen LogP) is 4.18. The van der Waals surface area contributed by atoms with Gasteiger partial charge in [0.15, 0.2) is 11.5 Å². The molecule has 2 aromatic carbocycles. The lowest BCUT2D eigenvalue weighted by Gasteiger charge is -2.35. The predicted molar refractivity (Wildman–Crippen MR) is 121 cm³/mol. The van der Waals surface area contributed by atoms with Gasteiger partial charge in [0.2, 0.25) is 17.2 Å². The van der Waals surface area contributed by atoms with Crippen molar-refractivity contribution in [3.63, 3.8) is 0 Å². The summed E-state index contributed by atoms with van der Waals surface area (Å²) >= 11 is 6.39. The SMILES string of the molecule is COc1cc(OC)c2c(c1Cl)OC1(C(=O)C=C(Nc3ccc(O)c(C(C)=O)c3)CC1C)C2=O. The van der Waals surface area contributed by atoms with Crippen LogP contribution in [0.2, 0.25) is 5.02 Å². The standard InChI is InChI=1S/C24H22ClNO7/c1-11-7-14(26-13-5-6-16(28)15(8-13)12(2)27)9-19(29)24(11)23(30)20-17(31-3)10-18(32-4)21(25)22(20)33-24/h5-6,8-11,26,28H,7H2,1-4H3. The average Bonchev–Trinajstić information content (AvgIpc) is 3.09. The van der Waals surface area contributed by atoms with Gasteiger partial charge in [-0.2, -0.15) is 0 Å². The van der Waals surface area contributed by atoms with Gasteiger partial charge in [-0.3, -0.25) is 14.4 Å². The summed E-state index contributed by atoms with van der Waals surface area (Å²) in [4.78, 5) is 38.6. The van der Waals surface area contributed by atoms with E-state index >= 15 is 0 Å². The first-order valence-corrected chi connectivity index (χ1v) is 10.6. The number of halogens is 1. The van der Waals surface area contributed by atoms with Crippen molar-refractivity contribution < 1.29 is 33.7 Å². The van der Waals surface area contributed by atoms with E-state index in [2.05, 4.69) is 5.32 Å². The van der Waals surface area contributed by atoms with E-state index < -0.39 is 23.1 Å². The van der Waals surface area contributed by atoms with Crippen LogP contribution in [0.5, 0.6) is 23.0 Å². The number of ether oxygens (including phenoxy) is 3. The van der Waals surface area contributed by atoms with Gasteiger partial charge in [-0.15, -0.1) is 0 Å². The number of rotatable bonds is 5. The number of ketones is 3. The second-order valence-corrected chi connectivity index (χ2v) is 8.40. The number of nitrogens with one attached hydrogen (secondary N) is 1. The Labute approximate surface area is 195 Å². The first-order valence-electron chi connectivity index (χ1n) is 10.2. The van der Waals surface area contributed by atoms with Crippen LogP contribution in [-0.2, 0) is 4.79 Å². The molecule has 1 spiro atoms. The van der Waals surface area contributed by atoms with Crippen LogP contribution < -0.4 is 19.5 Å². The van der Waals surface area contributed by atoms with Crippen molar-refractivity contribution in [2.45, 2.75) is 25.9 Å². The molecular weight excluding hydrogens is 450 g/mol. The quantitative estimate of drug-likeness (QED) is 0.379. The topological polar surface area (TPSA) is 111 Å². The first-order chi connectivity index (χ1) is 15.6. The fraction of sp³-hybridized carbons (Fsp3) is 0.292. The Morgan fingerprint density at radius 3 is 2.52 bits per heavy atom. The molecule has 1 aliphatic carbocycles. The van der Waals surface area contributed by atoms with E-state index in [1.54, 1.807) is 13.0 Å². The number of aromatic hydroxyl groups is 1. The maximum atomic E-state index is 13.5. The molecule has 33 heavy (non-hydrogen) atoms. The van der Waals surface area contributed by atoms with Gasteiger partial charge in [0.1, 0.15) is 27.8 Å². The molecule has 4 rings (SSSR count). The van der Waals surface area contributed by atoms with Crippen LogP contribution in [0.3, 0.4) is 0 Å². The van der Waals surface area contributed by atoms with Crippen LogP contribution in [0.15, 0.2) is 36.0 Å². The highest BCUT2D eigenvalue weighted by molar-refractivity contribution is 6.36. The molecular formula is C24H22ClNO7. The highest BCUT2D eigenvalue weighted by atomic mass is 35.5. The molecule has 0 radical (unpaired) electrons. The van der Waals surface area contributed by atoms with Crippen molar-refractivity contribution in [3.05, 3.63) is 52.2 Å². The number of phenolic OH excluding ortho intramolecular Hbond substituents is 1. The van der Waals surface area contributed by atoms with Gasteiger partial charge >= 0.3 is 0 Å². The number of phenols is 1. The Morgan fingerprint density at radius 2 is 1.91 bits per heavy atom. The zero-order chi connectivity index (χ0) is 24.1. The van der Waals surface area contributed by atoms with Crippen LogP contribution in [0.4, 0.5) is 5.69 Å². The van der Waals surface area contributed by atoms with Crippen LogP contribution in [-0.4, -0.2) is 42.3 Å². The number of Topliss-reactive ketones (excluding diaryl/α,β-unsaturated/α-hetero) is 2. The number of hydrogen-bond acceptors (Lipinski definition) is 8. The fourth-order valence-corrected chi connectivity index (χ4v) is 4.56. The highest BCUT2D eigenvalue weighted by Crippen LogP contribution is 2.53. The number of hydrogen-bond donors (Lipinski definition) is 2. The van der Waals surface area contributed by atoms with Gasteiger partial charge in [-0.05, 0) is 31.5 Å². The Morgan fingerprint density at radius 1 is 1.21 bits per heavy atom. The maximum absolute atomic E-state index is 13.5. The summed E-state index contributed by atoms with van der Waals surface area (Å²) in [5, 5.41) is 13.0. The fourth-order valence-electron chi connectivity index (χ4n) is 4.30. The summed E-state index contributed by atoms with van der Waals surface area (Å²) in [6, 6.07) is 5.98. The van der Waals surface area contributed by atoms with Gasteiger partial charge in [0, 0.05) is 29.4 Å². The minimum absolute atomic E-state index is 0.0625. The third-order valence-corrected chi connectivity index (χ3v) is 6.35. The molecule has 9 heteroatoms. The molecule has 2 unspecified atom stereocenters. The van der Waals surface area contributed by atoms with Crippen molar-refractivity contribution >= 4 is 34.6 Å². The molecule has 0 saturated carbocycles. The van der Waals surface area contributed by atoms with E-state index in [9.17, 15) is 19.5 Å². The highest BCUT2D eigenvalue weighted by Gasteiger charge is 2.60. The zero-order valence-corrected chi connectivity index (χ0v) is 19.2. The molecule has 2 N–H and O–H groups in total. The molecule has 2 atom stereocenters. The third-order valence-electron chi connectivity index (χ3n) is 5.99. The molecule has 172 valence electrons. The van der Waals surface area contributed by atoms with Gasteiger partial charge in [0.25, 0.3) is 0 Å². The Balaban J connectivity index is 1.70. The summed E-state index contributed by atoms with van der Waals surface area (Å²) in [6.07, 6.45) is 1.63. The number of allylic oxidation sites excluding steroid dienone is 1. The van der Waals surface area contributed by atoms with Crippen molar-refractivity contribution in [2.24, 2.45) is 5.92 Å². The van der Waals surface area contributed by atoms with Gasteiger partial charge in [-0.1, -0.05) is 18.5 Å². The van der Waals surface area contributed by atoms with Crippen molar-refractivity contribution in [2.75, 3.05) is 19.5 Å². The van der Waals surface area contributed by atoms with Gasteiger partial charge in [-0.25, -0.2) is 0 Å². The molecule has 0 saturated heterocycles. The van der Waals surface area contributed by atoms with E-state index in [4.69, 9.17) is 25.8 Å². The summed E-state index contributed by atoms with van der Waals surface area (Å²) in [7, 11) is 2.83. The second kappa shape index (κ2) is 8.12. The van der Waals surface area contributed by atoms with Gasteiger partial charge in [0.05, 0.1) is 19.8 Å². The van der Waals surface area contributed by atoms with E-state index in [0.29, 0.717) is 17.8 Å². The maximum Gasteiger partial charge on any atom is 0.236 e. The molecule has 8 nitrogen and oxygen atoms in total. The number of methoxy groups -OCH3 is 2. The second-order valence-electron chi connectivity index (χ2n) is 8.02. The normalized spacial score (nSPS) is 21.4. The smallest absolute Gasteiger partial charge is 0.236 e. The minimum atomic E-state index is -1.77. The van der Waals surface area contributed by atoms with E-state index in [-0.39, 0.29) is 44.9 Å². The van der Waals surface area contributed by atoms with Crippen molar-refractivity contribution in [3.8, 4) is 23.0 Å². The third kappa shape index (κ3) is 3.41. The van der Waals surface area contributed by atoms with Crippen LogP contribution in [0, 0.1) is 5.92 Å². The number of fused-ring (bicyclic) bond motifs is 1. The van der Waals surface area contributed by atoms with E-state index in [0.717, 1.165) is 0 Å². The van der Waals surface area contributed by atoms with Crippen molar-refractivity contribution in [1.29, 1.82) is 0 Å². The Kier molecular flexibility index (Phi) is 5.57. The lowest BCUT2D eigenvalue weighted by Crippen LogP contribution is -2.55. The number of carbonyl (C=O) groups is 3. The molecule has 0 fully saturated rings. The van der Waals surface area contributed by atoms with E-state index in [1.165, 1.54) is 45.4 Å². The number of carbonyl (C=O) groups excluding carboxylic acids is 3.